The molecule has 0 saturated heterocycles. The van der Waals surface area contributed by atoms with Gasteiger partial charge in [0.15, 0.2) is 0 Å². The summed E-state index contributed by atoms with van der Waals surface area (Å²) in [5.74, 6) is -0.817. The normalized spacial score (nSPS) is 12.3. The molecule has 0 aliphatic carbocycles. The molecule has 1 atom stereocenters. The molecule has 0 aliphatic heterocycles. The van der Waals surface area contributed by atoms with Crippen LogP contribution in [-0.2, 0) is 32.6 Å². The fraction of sp³-hybridized carbons (Fsp3) is 0.278. The van der Waals surface area contributed by atoms with Crippen LogP contribution in [0.15, 0.2) is 112 Å². The van der Waals surface area contributed by atoms with E-state index in [1.807, 2.05) is 95.3 Å². The Labute approximate surface area is 275 Å². The van der Waals surface area contributed by atoms with Gasteiger partial charge in [-0.1, -0.05) is 82.7 Å². The van der Waals surface area contributed by atoms with Gasteiger partial charge in [0.05, 0.1) is 10.6 Å². The second kappa shape index (κ2) is 14.4. The number of benzene rings is 4. The minimum Gasteiger partial charge on any atom is -0.350 e. The van der Waals surface area contributed by atoms with Gasteiger partial charge in [-0.2, -0.15) is 0 Å². The number of carbonyl (C=O) groups excluding carboxylic acids is 2. The summed E-state index contributed by atoms with van der Waals surface area (Å²) in [6.07, 6.45) is 0.250. The lowest BCUT2D eigenvalue weighted by Gasteiger charge is -2.35. The molecule has 0 heterocycles. The van der Waals surface area contributed by atoms with Crippen molar-refractivity contribution in [2.75, 3.05) is 10.8 Å². The van der Waals surface area contributed by atoms with Gasteiger partial charge in [-0.05, 0) is 93.3 Å². The summed E-state index contributed by atoms with van der Waals surface area (Å²) in [7, 11) is -4.15. The zero-order valence-corrected chi connectivity index (χ0v) is 28.7. The van der Waals surface area contributed by atoms with Crippen molar-refractivity contribution < 1.29 is 18.0 Å². The molecule has 0 radical (unpaired) electrons. The molecule has 4 rings (SSSR count). The minimum absolute atomic E-state index is 0.0720. The summed E-state index contributed by atoms with van der Waals surface area (Å²) in [5.41, 5.74) is 3.24. The van der Waals surface area contributed by atoms with Gasteiger partial charge in [0, 0.05) is 23.0 Å². The molecule has 45 heavy (non-hydrogen) atoms. The van der Waals surface area contributed by atoms with E-state index in [9.17, 15) is 18.0 Å². The van der Waals surface area contributed by atoms with E-state index in [0.717, 1.165) is 31.0 Å². The maximum Gasteiger partial charge on any atom is 0.264 e. The molecule has 0 spiro atoms. The molecule has 7 nitrogen and oxygen atoms in total. The third-order valence-corrected chi connectivity index (χ3v) is 9.46. The predicted molar refractivity (Wildman–Crippen MR) is 183 cm³/mol. The van der Waals surface area contributed by atoms with Gasteiger partial charge in [-0.15, -0.1) is 0 Å². The van der Waals surface area contributed by atoms with Crippen molar-refractivity contribution in [2.45, 2.75) is 64.1 Å². The topological polar surface area (TPSA) is 86.8 Å². The van der Waals surface area contributed by atoms with Gasteiger partial charge in [0.1, 0.15) is 12.6 Å². The third kappa shape index (κ3) is 9.28. The molecule has 0 unspecified atom stereocenters. The van der Waals surface area contributed by atoms with E-state index in [2.05, 4.69) is 21.2 Å². The van der Waals surface area contributed by atoms with E-state index in [0.29, 0.717) is 5.69 Å². The first-order valence-corrected chi connectivity index (χ1v) is 17.0. The van der Waals surface area contributed by atoms with E-state index >= 15 is 0 Å². The number of anilines is 1. The van der Waals surface area contributed by atoms with Gasteiger partial charge in [0.2, 0.25) is 11.8 Å². The van der Waals surface area contributed by atoms with Gasteiger partial charge < -0.3 is 10.2 Å². The monoisotopic (exact) mass is 689 g/mol. The Hall–Kier alpha value is -3.95. The largest absolute Gasteiger partial charge is 0.350 e. The lowest BCUT2D eigenvalue weighted by atomic mass is 10.0. The summed E-state index contributed by atoms with van der Waals surface area (Å²) >= 11 is 3.47. The highest BCUT2D eigenvalue weighted by Crippen LogP contribution is 2.27. The molecular formula is C36H40BrN3O4S. The fourth-order valence-electron chi connectivity index (χ4n) is 5.14. The number of hydrogen-bond donors (Lipinski definition) is 1. The standard InChI is InChI=1S/C36H40BrN3O4S/c1-26-20-27(2)22-31(21-26)40(45(43,44)32-14-10-7-11-15-32)25-34(41)39(24-29-16-18-30(37)19-17-29)33(35(42)38-36(3,4)5)23-28-12-8-6-9-13-28/h6-22,33H,23-25H2,1-5H3,(H,38,42)/t33-/m0/s1. The van der Waals surface area contributed by atoms with Crippen molar-refractivity contribution in [3.8, 4) is 0 Å². The average Bonchev–Trinajstić information content (AvgIpc) is 2.98. The van der Waals surface area contributed by atoms with Crippen LogP contribution in [-0.4, -0.2) is 43.3 Å². The molecule has 4 aromatic carbocycles. The van der Waals surface area contributed by atoms with Crippen LogP contribution in [0.25, 0.3) is 0 Å². The number of hydrogen-bond acceptors (Lipinski definition) is 4. The summed E-state index contributed by atoms with van der Waals surface area (Å²) in [6, 6.07) is 29.7. The van der Waals surface area contributed by atoms with Gasteiger partial charge >= 0.3 is 0 Å². The predicted octanol–water partition coefficient (Wildman–Crippen LogP) is 6.82. The minimum atomic E-state index is -4.15. The number of nitrogens with zero attached hydrogens (tertiary/aromatic N) is 2. The summed E-state index contributed by atoms with van der Waals surface area (Å²) in [6.45, 7) is 9.05. The van der Waals surface area contributed by atoms with Crippen LogP contribution in [0.5, 0.6) is 0 Å². The van der Waals surface area contributed by atoms with Crippen LogP contribution in [0.2, 0.25) is 0 Å². The van der Waals surface area contributed by atoms with Crippen LogP contribution in [0.3, 0.4) is 0 Å². The Balaban J connectivity index is 1.83. The van der Waals surface area contributed by atoms with E-state index in [-0.39, 0.29) is 23.8 Å². The molecule has 2 amide bonds. The van der Waals surface area contributed by atoms with Crippen LogP contribution in [0.4, 0.5) is 5.69 Å². The van der Waals surface area contributed by atoms with Crippen LogP contribution < -0.4 is 9.62 Å². The van der Waals surface area contributed by atoms with Gasteiger partial charge in [-0.25, -0.2) is 8.42 Å². The van der Waals surface area contributed by atoms with Crippen molar-refractivity contribution in [1.82, 2.24) is 10.2 Å². The lowest BCUT2D eigenvalue weighted by molar-refractivity contribution is -0.140. The summed E-state index contributed by atoms with van der Waals surface area (Å²) in [4.78, 5) is 30.1. The lowest BCUT2D eigenvalue weighted by Crippen LogP contribution is -2.56. The molecule has 0 fully saturated rings. The number of amides is 2. The molecule has 9 heteroatoms. The highest BCUT2D eigenvalue weighted by atomic mass is 79.9. The Morgan fingerprint density at radius 1 is 0.800 bits per heavy atom. The van der Waals surface area contributed by atoms with Crippen molar-refractivity contribution >= 4 is 43.5 Å². The zero-order valence-electron chi connectivity index (χ0n) is 26.3. The van der Waals surface area contributed by atoms with E-state index in [1.165, 1.54) is 17.0 Å². The first-order chi connectivity index (χ1) is 21.2. The van der Waals surface area contributed by atoms with Crippen LogP contribution >= 0.6 is 15.9 Å². The third-order valence-electron chi connectivity index (χ3n) is 7.14. The van der Waals surface area contributed by atoms with E-state index < -0.39 is 34.1 Å². The Morgan fingerprint density at radius 2 is 1.36 bits per heavy atom. The smallest absolute Gasteiger partial charge is 0.264 e. The second-order valence-corrected chi connectivity index (χ2v) is 15.0. The molecule has 0 bridgehead atoms. The zero-order chi connectivity index (χ0) is 32.8. The maximum atomic E-state index is 14.6. The summed E-state index contributed by atoms with van der Waals surface area (Å²) in [5, 5.41) is 3.05. The Morgan fingerprint density at radius 3 is 1.91 bits per heavy atom. The van der Waals surface area contributed by atoms with Gasteiger partial charge in [0.25, 0.3) is 10.0 Å². The Kier molecular flexibility index (Phi) is 10.9. The second-order valence-electron chi connectivity index (χ2n) is 12.3. The van der Waals surface area contributed by atoms with E-state index in [1.54, 1.807) is 30.3 Å². The molecule has 0 aliphatic rings. The molecule has 236 valence electrons. The van der Waals surface area contributed by atoms with Crippen LogP contribution in [0, 0.1) is 13.8 Å². The molecule has 4 aromatic rings. The van der Waals surface area contributed by atoms with Crippen molar-refractivity contribution in [1.29, 1.82) is 0 Å². The fourth-order valence-corrected chi connectivity index (χ4v) is 6.82. The molecule has 0 saturated carbocycles. The van der Waals surface area contributed by atoms with Crippen molar-refractivity contribution in [3.63, 3.8) is 0 Å². The van der Waals surface area contributed by atoms with Crippen molar-refractivity contribution in [2.24, 2.45) is 0 Å². The average molecular weight is 691 g/mol. The SMILES string of the molecule is Cc1cc(C)cc(N(CC(=O)N(Cc2ccc(Br)cc2)[C@@H](Cc2ccccc2)C(=O)NC(C)(C)C)S(=O)(=O)c2ccccc2)c1. The van der Waals surface area contributed by atoms with Crippen LogP contribution in [0.1, 0.15) is 43.0 Å². The maximum absolute atomic E-state index is 14.6. The first kappa shape index (κ1) is 33.9. The van der Waals surface area contributed by atoms with Gasteiger partial charge in [-0.3, -0.25) is 13.9 Å². The number of carbonyl (C=O) groups is 2. The number of sulfonamides is 1. The van der Waals surface area contributed by atoms with E-state index in [4.69, 9.17) is 0 Å². The molecule has 0 aromatic heterocycles. The highest BCUT2D eigenvalue weighted by molar-refractivity contribution is 9.10. The Bertz CT molecular complexity index is 1700. The molecule has 1 N–H and O–H groups in total. The highest BCUT2D eigenvalue weighted by Gasteiger charge is 2.35. The number of nitrogens with one attached hydrogen (secondary N) is 1. The first-order valence-electron chi connectivity index (χ1n) is 14.8. The number of rotatable bonds is 11. The summed E-state index contributed by atoms with van der Waals surface area (Å²) < 4.78 is 30.4. The number of aryl methyl sites for hydroxylation is 2. The number of halogens is 1. The van der Waals surface area contributed by atoms with Crippen molar-refractivity contribution in [3.05, 3.63) is 130 Å². The quantitative estimate of drug-likeness (QED) is 0.187. The molecular weight excluding hydrogens is 650 g/mol.